The molecular formula is C14H19BrN2O3. The van der Waals surface area contributed by atoms with Crippen molar-refractivity contribution in [2.24, 2.45) is 11.7 Å². The monoisotopic (exact) mass is 342 g/mol. The van der Waals surface area contributed by atoms with Crippen molar-refractivity contribution < 1.29 is 14.3 Å². The zero-order valence-electron chi connectivity index (χ0n) is 11.6. The molecule has 1 amide bonds. The third kappa shape index (κ3) is 3.64. The van der Waals surface area contributed by atoms with E-state index in [1.807, 2.05) is 13.8 Å². The van der Waals surface area contributed by atoms with E-state index in [2.05, 4.69) is 21.2 Å². The highest BCUT2D eigenvalue weighted by atomic mass is 79.9. The van der Waals surface area contributed by atoms with Gasteiger partial charge in [-0.3, -0.25) is 4.79 Å². The lowest BCUT2D eigenvalue weighted by molar-refractivity contribution is -0.117. The van der Waals surface area contributed by atoms with Gasteiger partial charge in [0, 0.05) is 16.6 Å². The molecule has 0 fully saturated rings. The van der Waals surface area contributed by atoms with Gasteiger partial charge in [-0.2, -0.15) is 0 Å². The van der Waals surface area contributed by atoms with Crippen molar-refractivity contribution in [3.8, 4) is 11.5 Å². The first-order valence-corrected chi connectivity index (χ1v) is 7.42. The van der Waals surface area contributed by atoms with Crippen LogP contribution in [-0.4, -0.2) is 25.2 Å². The zero-order chi connectivity index (χ0) is 14.7. The van der Waals surface area contributed by atoms with Gasteiger partial charge in [0.1, 0.15) is 13.2 Å². The van der Waals surface area contributed by atoms with Crippen LogP contribution in [0.1, 0.15) is 20.3 Å². The second kappa shape index (κ2) is 6.45. The van der Waals surface area contributed by atoms with E-state index in [9.17, 15) is 4.79 Å². The molecule has 3 N–H and O–H groups in total. The SMILES string of the molecule is CC(C)C[C@@H](N)C(=O)Nc1cc2c(cc1Br)OCCO2. The Morgan fingerprint density at radius 1 is 1.35 bits per heavy atom. The van der Waals surface area contributed by atoms with E-state index in [0.717, 1.165) is 4.47 Å². The number of hydrogen-bond donors (Lipinski definition) is 2. The van der Waals surface area contributed by atoms with Gasteiger partial charge in [-0.05, 0) is 28.3 Å². The summed E-state index contributed by atoms with van der Waals surface area (Å²) >= 11 is 3.41. The van der Waals surface area contributed by atoms with E-state index in [1.165, 1.54) is 0 Å². The molecule has 0 radical (unpaired) electrons. The van der Waals surface area contributed by atoms with Crippen LogP contribution in [0.5, 0.6) is 11.5 Å². The van der Waals surface area contributed by atoms with Crippen molar-refractivity contribution >= 4 is 27.5 Å². The second-order valence-corrected chi connectivity index (χ2v) is 6.06. The fourth-order valence-corrected chi connectivity index (χ4v) is 2.42. The highest BCUT2D eigenvalue weighted by molar-refractivity contribution is 9.10. The van der Waals surface area contributed by atoms with Gasteiger partial charge < -0.3 is 20.5 Å². The number of carbonyl (C=O) groups is 1. The first-order chi connectivity index (χ1) is 9.47. The Hall–Kier alpha value is -1.27. The van der Waals surface area contributed by atoms with E-state index >= 15 is 0 Å². The van der Waals surface area contributed by atoms with Crippen LogP contribution >= 0.6 is 15.9 Å². The molecule has 1 aliphatic rings. The third-order valence-electron chi connectivity index (χ3n) is 2.95. The average molecular weight is 343 g/mol. The van der Waals surface area contributed by atoms with Crippen molar-refractivity contribution in [3.63, 3.8) is 0 Å². The maximum Gasteiger partial charge on any atom is 0.241 e. The number of rotatable bonds is 4. The minimum absolute atomic E-state index is 0.198. The smallest absolute Gasteiger partial charge is 0.241 e. The molecule has 0 aliphatic carbocycles. The Morgan fingerprint density at radius 2 is 1.95 bits per heavy atom. The summed E-state index contributed by atoms with van der Waals surface area (Å²) in [7, 11) is 0. The number of halogens is 1. The Labute approximate surface area is 126 Å². The highest BCUT2D eigenvalue weighted by Crippen LogP contribution is 2.38. The van der Waals surface area contributed by atoms with Crippen molar-refractivity contribution in [2.45, 2.75) is 26.3 Å². The van der Waals surface area contributed by atoms with Crippen LogP contribution in [0.15, 0.2) is 16.6 Å². The number of amides is 1. The van der Waals surface area contributed by atoms with E-state index in [0.29, 0.717) is 42.7 Å². The number of ether oxygens (including phenoxy) is 2. The van der Waals surface area contributed by atoms with Gasteiger partial charge in [0.15, 0.2) is 11.5 Å². The van der Waals surface area contributed by atoms with Crippen molar-refractivity contribution in [2.75, 3.05) is 18.5 Å². The van der Waals surface area contributed by atoms with Gasteiger partial charge in [0.05, 0.1) is 11.7 Å². The summed E-state index contributed by atoms with van der Waals surface area (Å²) in [5.74, 6) is 1.48. The normalized spacial score (nSPS) is 15.1. The molecule has 1 heterocycles. The van der Waals surface area contributed by atoms with Gasteiger partial charge in [-0.15, -0.1) is 0 Å². The summed E-state index contributed by atoms with van der Waals surface area (Å²) < 4.78 is 11.7. The first kappa shape index (κ1) is 15.1. The van der Waals surface area contributed by atoms with Crippen LogP contribution in [0, 0.1) is 5.92 Å². The molecule has 1 atom stereocenters. The molecule has 2 rings (SSSR count). The summed E-state index contributed by atoms with van der Waals surface area (Å²) in [6.07, 6.45) is 0.647. The minimum Gasteiger partial charge on any atom is -0.486 e. The molecule has 1 aromatic rings. The predicted molar refractivity (Wildman–Crippen MR) is 81.2 cm³/mol. The summed E-state index contributed by atoms with van der Waals surface area (Å²) in [4.78, 5) is 12.0. The zero-order valence-corrected chi connectivity index (χ0v) is 13.2. The van der Waals surface area contributed by atoms with E-state index in [1.54, 1.807) is 12.1 Å². The van der Waals surface area contributed by atoms with Gasteiger partial charge >= 0.3 is 0 Å². The fourth-order valence-electron chi connectivity index (χ4n) is 2.00. The molecule has 20 heavy (non-hydrogen) atoms. The van der Waals surface area contributed by atoms with Crippen LogP contribution in [0.4, 0.5) is 5.69 Å². The summed E-state index contributed by atoms with van der Waals surface area (Å²) in [6.45, 7) is 5.11. The number of nitrogens with two attached hydrogens (primary N) is 1. The summed E-state index contributed by atoms with van der Waals surface area (Å²) in [5, 5.41) is 2.82. The van der Waals surface area contributed by atoms with Crippen LogP contribution in [0.2, 0.25) is 0 Å². The van der Waals surface area contributed by atoms with E-state index < -0.39 is 6.04 Å². The fraction of sp³-hybridized carbons (Fsp3) is 0.500. The maximum absolute atomic E-state index is 12.0. The molecule has 6 heteroatoms. The lowest BCUT2D eigenvalue weighted by atomic mass is 10.0. The molecular weight excluding hydrogens is 324 g/mol. The summed E-state index contributed by atoms with van der Waals surface area (Å²) in [5.41, 5.74) is 6.51. The molecule has 110 valence electrons. The molecule has 5 nitrogen and oxygen atoms in total. The molecule has 0 aromatic heterocycles. The van der Waals surface area contributed by atoms with Gasteiger partial charge in [-0.25, -0.2) is 0 Å². The molecule has 1 aromatic carbocycles. The highest BCUT2D eigenvalue weighted by Gasteiger charge is 2.19. The first-order valence-electron chi connectivity index (χ1n) is 6.63. The Bertz CT molecular complexity index is 505. The lowest BCUT2D eigenvalue weighted by Gasteiger charge is -2.21. The summed E-state index contributed by atoms with van der Waals surface area (Å²) in [6, 6.07) is 3.02. The topological polar surface area (TPSA) is 73.6 Å². The quantitative estimate of drug-likeness (QED) is 0.881. The van der Waals surface area contributed by atoms with Crippen molar-refractivity contribution in [3.05, 3.63) is 16.6 Å². The number of anilines is 1. The number of nitrogens with one attached hydrogen (secondary N) is 1. The Morgan fingerprint density at radius 3 is 2.55 bits per heavy atom. The van der Waals surface area contributed by atoms with Gasteiger partial charge in [-0.1, -0.05) is 13.8 Å². The van der Waals surface area contributed by atoms with Crippen LogP contribution in [0.3, 0.4) is 0 Å². The largest absolute Gasteiger partial charge is 0.486 e. The van der Waals surface area contributed by atoms with Crippen LogP contribution in [-0.2, 0) is 4.79 Å². The number of benzene rings is 1. The molecule has 0 bridgehead atoms. The average Bonchev–Trinajstić information content (AvgIpc) is 2.38. The van der Waals surface area contributed by atoms with E-state index in [-0.39, 0.29) is 5.91 Å². The predicted octanol–water partition coefficient (Wildman–Crippen LogP) is 2.53. The van der Waals surface area contributed by atoms with Crippen molar-refractivity contribution in [1.29, 1.82) is 0 Å². The Balaban J connectivity index is 2.11. The standard InChI is InChI=1S/C14H19BrN2O3/c1-8(2)5-10(16)14(18)17-11-7-13-12(6-9(11)15)19-3-4-20-13/h6-8,10H,3-5,16H2,1-2H3,(H,17,18)/t10-/m1/s1. The number of hydrogen-bond acceptors (Lipinski definition) is 4. The minimum atomic E-state index is -0.518. The molecule has 0 saturated carbocycles. The molecule has 0 unspecified atom stereocenters. The lowest BCUT2D eigenvalue weighted by Crippen LogP contribution is -2.36. The van der Waals surface area contributed by atoms with Crippen molar-refractivity contribution in [1.82, 2.24) is 0 Å². The van der Waals surface area contributed by atoms with E-state index in [4.69, 9.17) is 15.2 Å². The number of fused-ring (bicyclic) bond motifs is 1. The maximum atomic E-state index is 12.0. The third-order valence-corrected chi connectivity index (χ3v) is 3.61. The van der Waals surface area contributed by atoms with Gasteiger partial charge in [0.25, 0.3) is 0 Å². The Kier molecular flexibility index (Phi) is 4.88. The van der Waals surface area contributed by atoms with Gasteiger partial charge in [0.2, 0.25) is 5.91 Å². The molecule has 1 aliphatic heterocycles. The molecule has 0 saturated heterocycles. The van der Waals surface area contributed by atoms with Crippen LogP contribution in [0.25, 0.3) is 0 Å². The molecule has 0 spiro atoms. The second-order valence-electron chi connectivity index (χ2n) is 5.20. The van der Waals surface area contributed by atoms with Crippen LogP contribution < -0.4 is 20.5 Å². The number of carbonyl (C=O) groups excluding carboxylic acids is 1.